The maximum atomic E-state index is 8.64. The zero-order chi connectivity index (χ0) is 8.81. The molecule has 0 fully saturated rings. The molecule has 0 aliphatic carbocycles. The Hall–Kier alpha value is -0.900. The molecule has 1 rings (SSSR count). The third kappa shape index (κ3) is 2.62. The number of aliphatic hydroxyl groups is 1. The van der Waals surface area contributed by atoms with Crippen LogP contribution in [0.4, 0.5) is 0 Å². The van der Waals surface area contributed by atoms with Crippen molar-refractivity contribution >= 4 is 0 Å². The zero-order valence-corrected chi connectivity index (χ0v) is 7.29. The average molecular weight is 170 g/mol. The molecule has 0 amide bonds. The zero-order valence-electron chi connectivity index (χ0n) is 7.29. The van der Waals surface area contributed by atoms with Crippen LogP contribution in [0, 0.1) is 0 Å². The average Bonchev–Trinajstić information content (AvgIpc) is 2.53. The summed E-state index contributed by atoms with van der Waals surface area (Å²) in [5.41, 5.74) is 0. The van der Waals surface area contributed by atoms with Crippen molar-refractivity contribution in [1.29, 1.82) is 0 Å². The van der Waals surface area contributed by atoms with Gasteiger partial charge in [0.25, 0.3) is 0 Å². The Labute approximate surface area is 71.6 Å². The van der Waals surface area contributed by atoms with Crippen LogP contribution in [0.25, 0.3) is 0 Å². The number of aliphatic hydroxyl groups excluding tert-OH is 1. The minimum absolute atomic E-state index is 0.142. The molecule has 12 heavy (non-hydrogen) atoms. The van der Waals surface area contributed by atoms with Gasteiger partial charge in [0.15, 0.2) is 5.82 Å². The fourth-order valence-corrected chi connectivity index (χ4v) is 0.982. The van der Waals surface area contributed by atoms with Crippen LogP contribution in [-0.2, 0) is 13.0 Å². The van der Waals surface area contributed by atoms with E-state index >= 15 is 0 Å². The fourth-order valence-electron chi connectivity index (χ4n) is 0.982. The number of rotatable bonds is 5. The summed E-state index contributed by atoms with van der Waals surface area (Å²) in [6, 6.07) is 0. The Morgan fingerprint density at radius 1 is 1.42 bits per heavy atom. The first-order chi connectivity index (χ1) is 5.86. The van der Waals surface area contributed by atoms with Crippen molar-refractivity contribution in [1.82, 2.24) is 10.1 Å². The molecule has 0 aromatic carbocycles. The second kappa shape index (κ2) is 4.87. The summed E-state index contributed by atoms with van der Waals surface area (Å²) >= 11 is 0. The van der Waals surface area contributed by atoms with Gasteiger partial charge in [-0.1, -0.05) is 24.9 Å². The van der Waals surface area contributed by atoms with Crippen LogP contribution in [0.3, 0.4) is 0 Å². The molecule has 0 unspecified atom stereocenters. The topological polar surface area (TPSA) is 59.2 Å². The third-order valence-corrected chi connectivity index (χ3v) is 1.65. The molecule has 1 N–H and O–H groups in total. The fraction of sp³-hybridized carbons (Fsp3) is 0.750. The number of unbranched alkanes of at least 4 members (excludes halogenated alkanes) is 2. The third-order valence-electron chi connectivity index (χ3n) is 1.65. The van der Waals surface area contributed by atoms with Gasteiger partial charge in [0.2, 0.25) is 5.89 Å². The van der Waals surface area contributed by atoms with Crippen LogP contribution in [0.2, 0.25) is 0 Å². The van der Waals surface area contributed by atoms with Gasteiger partial charge in [-0.3, -0.25) is 0 Å². The van der Waals surface area contributed by atoms with Crippen LogP contribution in [-0.4, -0.2) is 15.2 Å². The van der Waals surface area contributed by atoms with E-state index in [1.807, 2.05) is 0 Å². The van der Waals surface area contributed by atoms with Crippen molar-refractivity contribution in [3.05, 3.63) is 11.7 Å². The van der Waals surface area contributed by atoms with E-state index in [-0.39, 0.29) is 6.61 Å². The molecule has 1 heterocycles. The van der Waals surface area contributed by atoms with Gasteiger partial charge in [0.1, 0.15) is 6.61 Å². The quantitative estimate of drug-likeness (QED) is 0.676. The van der Waals surface area contributed by atoms with E-state index in [1.165, 1.54) is 12.8 Å². The summed E-state index contributed by atoms with van der Waals surface area (Å²) in [6.45, 7) is 2.00. The predicted molar refractivity (Wildman–Crippen MR) is 43.4 cm³/mol. The molecular weight excluding hydrogens is 156 g/mol. The summed E-state index contributed by atoms with van der Waals surface area (Å²) in [5.74, 6) is 1.01. The van der Waals surface area contributed by atoms with Crippen molar-refractivity contribution in [2.24, 2.45) is 0 Å². The Kier molecular flexibility index (Phi) is 3.73. The molecule has 0 saturated heterocycles. The van der Waals surface area contributed by atoms with Gasteiger partial charge in [-0.05, 0) is 6.42 Å². The molecule has 0 saturated carbocycles. The molecule has 0 atom stereocenters. The molecule has 1 aromatic heterocycles. The van der Waals surface area contributed by atoms with Gasteiger partial charge in [-0.2, -0.15) is 4.98 Å². The molecule has 0 bridgehead atoms. The monoisotopic (exact) mass is 170 g/mol. The molecule has 4 heteroatoms. The van der Waals surface area contributed by atoms with Crippen molar-refractivity contribution in [2.45, 2.75) is 39.2 Å². The Bertz CT molecular complexity index is 223. The molecule has 0 aliphatic heterocycles. The molecule has 0 aliphatic rings. The first-order valence-corrected chi connectivity index (χ1v) is 4.29. The predicted octanol–water partition coefficient (Wildman–Crippen LogP) is 1.29. The largest absolute Gasteiger partial charge is 0.388 e. The van der Waals surface area contributed by atoms with Crippen molar-refractivity contribution in [3.8, 4) is 0 Å². The number of aryl methyl sites for hydroxylation is 1. The normalized spacial score (nSPS) is 10.5. The van der Waals surface area contributed by atoms with E-state index in [2.05, 4.69) is 17.1 Å². The number of aromatic nitrogens is 2. The molecular formula is C8H14N2O2. The van der Waals surface area contributed by atoms with Crippen molar-refractivity contribution in [2.75, 3.05) is 0 Å². The lowest BCUT2D eigenvalue weighted by atomic mass is 10.2. The van der Waals surface area contributed by atoms with Gasteiger partial charge < -0.3 is 9.63 Å². The summed E-state index contributed by atoms with van der Waals surface area (Å²) in [7, 11) is 0. The van der Waals surface area contributed by atoms with E-state index in [0.29, 0.717) is 11.7 Å². The lowest BCUT2D eigenvalue weighted by Gasteiger charge is -1.90. The minimum atomic E-state index is -0.142. The van der Waals surface area contributed by atoms with E-state index in [4.69, 9.17) is 9.63 Å². The van der Waals surface area contributed by atoms with Crippen molar-refractivity contribution in [3.63, 3.8) is 0 Å². The second-order valence-electron chi connectivity index (χ2n) is 2.72. The van der Waals surface area contributed by atoms with Crippen LogP contribution in [0.15, 0.2) is 4.52 Å². The first-order valence-electron chi connectivity index (χ1n) is 4.29. The highest BCUT2D eigenvalue weighted by Crippen LogP contribution is 2.04. The highest BCUT2D eigenvalue weighted by Gasteiger charge is 2.03. The first kappa shape index (κ1) is 9.19. The van der Waals surface area contributed by atoms with Gasteiger partial charge in [-0.25, -0.2) is 0 Å². The SMILES string of the molecule is CCCCCc1nc(CO)no1. The summed E-state index contributed by atoms with van der Waals surface area (Å²) in [5, 5.41) is 12.2. The number of nitrogens with zero attached hydrogens (tertiary/aromatic N) is 2. The van der Waals surface area contributed by atoms with Gasteiger partial charge in [0, 0.05) is 6.42 Å². The maximum Gasteiger partial charge on any atom is 0.226 e. The van der Waals surface area contributed by atoms with Crippen LogP contribution in [0.5, 0.6) is 0 Å². The van der Waals surface area contributed by atoms with Crippen LogP contribution < -0.4 is 0 Å². The van der Waals surface area contributed by atoms with Crippen LogP contribution in [0.1, 0.15) is 37.9 Å². The lowest BCUT2D eigenvalue weighted by molar-refractivity contribution is 0.262. The second-order valence-corrected chi connectivity index (χ2v) is 2.72. The van der Waals surface area contributed by atoms with Gasteiger partial charge >= 0.3 is 0 Å². The summed E-state index contributed by atoms with van der Waals surface area (Å²) in [4.78, 5) is 3.97. The molecule has 0 radical (unpaired) electrons. The molecule has 68 valence electrons. The van der Waals surface area contributed by atoms with Crippen molar-refractivity contribution < 1.29 is 9.63 Å². The molecule has 1 aromatic rings. The number of hydrogen-bond donors (Lipinski definition) is 1. The van der Waals surface area contributed by atoms with E-state index in [9.17, 15) is 0 Å². The number of hydrogen-bond acceptors (Lipinski definition) is 4. The maximum absolute atomic E-state index is 8.64. The summed E-state index contributed by atoms with van der Waals surface area (Å²) < 4.78 is 4.88. The molecule has 4 nitrogen and oxygen atoms in total. The Morgan fingerprint density at radius 3 is 2.83 bits per heavy atom. The van der Waals surface area contributed by atoms with Gasteiger partial charge in [0.05, 0.1) is 0 Å². The smallest absolute Gasteiger partial charge is 0.226 e. The van der Waals surface area contributed by atoms with Crippen LogP contribution >= 0.6 is 0 Å². The Morgan fingerprint density at radius 2 is 2.25 bits per heavy atom. The van der Waals surface area contributed by atoms with E-state index in [0.717, 1.165) is 12.8 Å². The van der Waals surface area contributed by atoms with E-state index in [1.54, 1.807) is 0 Å². The molecule has 0 spiro atoms. The lowest BCUT2D eigenvalue weighted by Crippen LogP contribution is -1.88. The highest BCUT2D eigenvalue weighted by molar-refractivity contribution is 4.83. The minimum Gasteiger partial charge on any atom is -0.388 e. The highest BCUT2D eigenvalue weighted by atomic mass is 16.5. The van der Waals surface area contributed by atoms with Gasteiger partial charge in [-0.15, -0.1) is 0 Å². The van der Waals surface area contributed by atoms with E-state index < -0.39 is 0 Å². The standard InChI is InChI=1S/C8H14N2O2/c1-2-3-4-5-8-9-7(6-11)10-12-8/h11H,2-6H2,1H3. The Balaban J connectivity index is 2.31. The summed E-state index contributed by atoms with van der Waals surface area (Å²) in [6.07, 6.45) is 4.25.